The Morgan fingerprint density at radius 2 is 1.84 bits per heavy atom. The van der Waals surface area contributed by atoms with Crippen LogP contribution < -0.4 is 10.6 Å². The first-order valence-electron chi connectivity index (χ1n) is 7.45. The van der Waals surface area contributed by atoms with Crippen molar-refractivity contribution >= 4 is 68.6 Å². The molecule has 0 aliphatic carbocycles. The maximum Gasteiger partial charge on any atom is 0.234 e. The Hall–Kier alpha value is -2.07. The van der Waals surface area contributed by atoms with Crippen LogP contribution in [0.2, 0.25) is 0 Å². The van der Waals surface area contributed by atoms with Gasteiger partial charge in [-0.2, -0.15) is 0 Å². The third-order valence-corrected chi connectivity index (χ3v) is 4.84. The Bertz CT molecular complexity index is 924. The molecule has 25 heavy (non-hydrogen) atoms. The number of thioether (sulfide) groups is 1. The van der Waals surface area contributed by atoms with Crippen molar-refractivity contribution in [3.8, 4) is 0 Å². The van der Waals surface area contributed by atoms with Crippen LogP contribution in [0.1, 0.15) is 6.92 Å². The first-order valence-corrected chi connectivity index (χ1v) is 9.51. The first kappa shape index (κ1) is 17.7. The third kappa shape index (κ3) is 4.95. The van der Waals surface area contributed by atoms with Gasteiger partial charge in [0.2, 0.25) is 11.8 Å². The summed E-state index contributed by atoms with van der Waals surface area (Å²) in [6.45, 7) is 1.46. The highest BCUT2D eigenvalue weighted by molar-refractivity contribution is 14.1. The van der Waals surface area contributed by atoms with Crippen molar-refractivity contribution in [2.24, 2.45) is 0 Å². The number of nitrogens with zero attached hydrogens (tertiary/aromatic N) is 1. The number of carbonyl (C=O) groups is 2. The van der Waals surface area contributed by atoms with Crippen molar-refractivity contribution in [3.63, 3.8) is 0 Å². The molecule has 2 aromatic carbocycles. The van der Waals surface area contributed by atoms with Crippen molar-refractivity contribution < 1.29 is 9.59 Å². The van der Waals surface area contributed by atoms with Crippen molar-refractivity contribution in [2.45, 2.75) is 12.1 Å². The molecule has 1 heterocycles. The molecule has 0 unspecified atom stereocenters. The van der Waals surface area contributed by atoms with Gasteiger partial charge in [0, 0.05) is 21.9 Å². The zero-order valence-electron chi connectivity index (χ0n) is 13.3. The number of halogens is 1. The molecule has 0 radical (unpaired) electrons. The van der Waals surface area contributed by atoms with Gasteiger partial charge in [0.15, 0.2) is 5.16 Å². The summed E-state index contributed by atoms with van der Waals surface area (Å²) in [4.78, 5) is 30.7. The Balaban J connectivity index is 1.61. The van der Waals surface area contributed by atoms with E-state index in [1.807, 2.05) is 36.4 Å². The minimum Gasteiger partial charge on any atom is -0.333 e. The zero-order chi connectivity index (χ0) is 17.8. The van der Waals surface area contributed by atoms with Crippen LogP contribution >= 0.6 is 34.4 Å². The Morgan fingerprint density at radius 1 is 1.12 bits per heavy atom. The van der Waals surface area contributed by atoms with E-state index in [2.05, 4.69) is 43.2 Å². The molecule has 1 aromatic heterocycles. The van der Waals surface area contributed by atoms with Crippen LogP contribution in [-0.2, 0) is 9.59 Å². The molecule has 6 nitrogen and oxygen atoms in total. The quantitative estimate of drug-likeness (QED) is 0.394. The fourth-order valence-corrected chi connectivity index (χ4v) is 3.24. The standard InChI is InChI=1S/C17H15IN4O2S/c1-10(23)19-13-6-7-14-15(8-13)22-17(21-14)25-9-16(24)20-12-4-2-11(18)3-5-12/h2-8H,9H2,1H3,(H,19,23)(H,20,24)(H,21,22). The predicted molar refractivity (Wildman–Crippen MR) is 109 cm³/mol. The number of hydrogen-bond acceptors (Lipinski definition) is 4. The van der Waals surface area contributed by atoms with Crippen molar-refractivity contribution in [2.75, 3.05) is 16.4 Å². The number of aromatic nitrogens is 2. The lowest BCUT2D eigenvalue weighted by Crippen LogP contribution is -2.14. The van der Waals surface area contributed by atoms with Gasteiger partial charge >= 0.3 is 0 Å². The molecule has 0 saturated carbocycles. The molecule has 2 amide bonds. The number of anilines is 2. The monoisotopic (exact) mass is 466 g/mol. The van der Waals surface area contributed by atoms with Crippen LogP contribution in [0, 0.1) is 3.57 Å². The number of rotatable bonds is 5. The lowest BCUT2D eigenvalue weighted by Gasteiger charge is -2.04. The van der Waals surface area contributed by atoms with Gasteiger partial charge in [0.25, 0.3) is 0 Å². The van der Waals surface area contributed by atoms with Crippen LogP contribution in [0.15, 0.2) is 47.6 Å². The number of H-pyrrole nitrogens is 1. The lowest BCUT2D eigenvalue weighted by molar-refractivity contribution is -0.114. The number of benzene rings is 2. The van der Waals surface area contributed by atoms with Crippen LogP contribution in [-0.4, -0.2) is 27.5 Å². The van der Waals surface area contributed by atoms with E-state index in [0.717, 1.165) is 20.3 Å². The molecule has 3 rings (SSSR count). The molecule has 0 saturated heterocycles. The molecule has 0 aliphatic rings. The summed E-state index contributed by atoms with van der Waals surface area (Å²) in [6, 6.07) is 13.1. The SMILES string of the molecule is CC(=O)Nc1ccc2nc(SCC(=O)Nc3ccc(I)cc3)[nH]c2c1. The van der Waals surface area contributed by atoms with Gasteiger partial charge in [-0.3, -0.25) is 9.59 Å². The van der Waals surface area contributed by atoms with E-state index in [0.29, 0.717) is 10.8 Å². The Labute approximate surface area is 162 Å². The van der Waals surface area contributed by atoms with Gasteiger partial charge in [-0.1, -0.05) is 11.8 Å². The van der Waals surface area contributed by atoms with Gasteiger partial charge in [0.05, 0.1) is 16.8 Å². The predicted octanol–water partition coefficient (Wildman–Crippen LogP) is 3.86. The molecule has 0 spiro atoms. The van der Waals surface area contributed by atoms with E-state index < -0.39 is 0 Å². The number of nitrogens with one attached hydrogen (secondary N) is 3. The second-order valence-corrected chi connectivity index (χ2v) is 7.51. The maximum absolute atomic E-state index is 12.0. The second kappa shape index (κ2) is 7.87. The molecular formula is C17H15IN4O2S. The van der Waals surface area contributed by atoms with Crippen molar-refractivity contribution in [1.29, 1.82) is 0 Å². The molecule has 128 valence electrons. The Kier molecular flexibility index (Phi) is 5.59. The molecule has 0 atom stereocenters. The van der Waals surface area contributed by atoms with Crippen LogP contribution in [0.4, 0.5) is 11.4 Å². The van der Waals surface area contributed by atoms with Gasteiger partial charge in [-0.25, -0.2) is 4.98 Å². The number of aromatic amines is 1. The maximum atomic E-state index is 12.0. The summed E-state index contributed by atoms with van der Waals surface area (Å²) in [5.41, 5.74) is 3.08. The van der Waals surface area contributed by atoms with Gasteiger partial charge in [0.1, 0.15) is 0 Å². The molecular weight excluding hydrogens is 451 g/mol. The van der Waals surface area contributed by atoms with E-state index in [4.69, 9.17) is 0 Å². The summed E-state index contributed by atoms with van der Waals surface area (Å²) in [5, 5.41) is 6.24. The number of fused-ring (bicyclic) bond motifs is 1. The minimum absolute atomic E-state index is 0.0920. The molecule has 8 heteroatoms. The average molecular weight is 466 g/mol. The summed E-state index contributed by atoms with van der Waals surface area (Å²) >= 11 is 3.55. The van der Waals surface area contributed by atoms with Crippen LogP contribution in [0.25, 0.3) is 11.0 Å². The minimum atomic E-state index is -0.124. The number of imidazole rings is 1. The third-order valence-electron chi connectivity index (χ3n) is 3.25. The highest BCUT2D eigenvalue weighted by atomic mass is 127. The first-order chi connectivity index (χ1) is 12.0. The van der Waals surface area contributed by atoms with E-state index in [1.165, 1.54) is 18.7 Å². The largest absolute Gasteiger partial charge is 0.333 e. The summed E-state index contributed by atoms with van der Waals surface area (Å²) in [5.74, 6) is 0.0380. The average Bonchev–Trinajstić information content (AvgIpc) is 2.97. The zero-order valence-corrected chi connectivity index (χ0v) is 16.3. The van der Waals surface area contributed by atoms with Crippen LogP contribution in [0.3, 0.4) is 0 Å². The van der Waals surface area contributed by atoms with Gasteiger partial charge in [-0.05, 0) is 65.1 Å². The van der Waals surface area contributed by atoms with E-state index in [1.54, 1.807) is 6.07 Å². The topological polar surface area (TPSA) is 86.9 Å². The van der Waals surface area contributed by atoms with Gasteiger partial charge in [-0.15, -0.1) is 0 Å². The summed E-state index contributed by atoms with van der Waals surface area (Å²) in [7, 11) is 0. The van der Waals surface area contributed by atoms with Crippen molar-refractivity contribution in [3.05, 3.63) is 46.0 Å². The molecule has 3 N–H and O–H groups in total. The normalized spacial score (nSPS) is 10.6. The summed E-state index contributed by atoms with van der Waals surface area (Å²) < 4.78 is 1.12. The molecule has 3 aromatic rings. The lowest BCUT2D eigenvalue weighted by atomic mass is 10.3. The molecule has 0 bridgehead atoms. The fraction of sp³-hybridized carbons (Fsp3) is 0.118. The smallest absolute Gasteiger partial charge is 0.234 e. The molecule has 0 fully saturated rings. The fourth-order valence-electron chi connectivity index (χ4n) is 2.20. The highest BCUT2D eigenvalue weighted by Crippen LogP contribution is 2.22. The number of amides is 2. The van der Waals surface area contributed by atoms with Gasteiger partial charge < -0.3 is 15.6 Å². The number of carbonyl (C=O) groups excluding carboxylic acids is 2. The number of hydrogen-bond donors (Lipinski definition) is 3. The summed E-state index contributed by atoms with van der Waals surface area (Å²) in [6.07, 6.45) is 0. The molecule has 0 aliphatic heterocycles. The van der Waals surface area contributed by atoms with E-state index in [-0.39, 0.29) is 17.6 Å². The Morgan fingerprint density at radius 3 is 2.56 bits per heavy atom. The highest BCUT2D eigenvalue weighted by Gasteiger charge is 2.08. The van der Waals surface area contributed by atoms with Crippen molar-refractivity contribution in [1.82, 2.24) is 9.97 Å². The van der Waals surface area contributed by atoms with E-state index in [9.17, 15) is 9.59 Å². The second-order valence-electron chi connectivity index (χ2n) is 5.30. The van der Waals surface area contributed by atoms with Crippen LogP contribution in [0.5, 0.6) is 0 Å². The van der Waals surface area contributed by atoms with E-state index >= 15 is 0 Å².